The van der Waals surface area contributed by atoms with Crippen molar-refractivity contribution in [3.8, 4) is 11.3 Å². The summed E-state index contributed by atoms with van der Waals surface area (Å²) in [5.74, 6) is 1.67. The van der Waals surface area contributed by atoms with Crippen LogP contribution in [0.2, 0.25) is 5.02 Å². The fourth-order valence-electron chi connectivity index (χ4n) is 2.26. The van der Waals surface area contributed by atoms with E-state index in [1.165, 1.54) is 11.8 Å². The molecule has 132 valence electrons. The quantitative estimate of drug-likeness (QED) is 0.477. The van der Waals surface area contributed by atoms with Crippen LogP contribution in [0.15, 0.2) is 44.8 Å². The highest BCUT2D eigenvalue weighted by molar-refractivity contribution is 7.98. The molecule has 0 atom stereocenters. The lowest BCUT2D eigenvalue weighted by Gasteiger charge is -2.03. The van der Waals surface area contributed by atoms with Crippen LogP contribution in [0.4, 0.5) is 0 Å². The van der Waals surface area contributed by atoms with E-state index in [0.29, 0.717) is 40.7 Å². The Morgan fingerprint density at radius 2 is 2.32 bits per heavy atom. The van der Waals surface area contributed by atoms with Crippen LogP contribution in [0.25, 0.3) is 11.3 Å². The first-order valence-electron chi connectivity index (χ1n) is 7.65. The number of oxazole rings is 1. The van der Waals surface area contributed by atoms with Crippen molar-refractivity contribution in [1.82, 2.24) is 19.7 Å². The van der Waals surface area contributed by atoms with Gasteiger partial charge in [0.2, 0.25) is 5.89 Å². The second kappa shape index (κ2) is 8.37. The smallest absolute Gasteiger partial charge is 0.343 e. The Kier molecular flexibility index (Phi) is 5.95. The minimum absolute atomic E-state index is 0.231. The molecule has 0 bridgehead atoms. The van der Waals surface area contributed by atoms with Gasteiger partial charge in [0.15, 0.2) is 10.9 Å². The van der Waals surface area contributed by atoms with Gasteiger partial charge in [-0.05, 0) is 18.6 Å². The molecule has 3 aromatic rings. The maximum absolute atomic E-state index is 11.8. The first kappa shape index (κ1) is 17.8. The molecule has 0 amide bonds. The summed E-state index contributed by atoms with van der Waals surface area (Å²) in [6.45, 7) is 1.13. The standard InChI is InChI=1S/C16H17ClN4O3S/c1-23-7-3-6-21-15(22)19-20-16(21)25-10-14-18-9-13(24-14)11-4-2-5-12(17)8-11/h2,4-5,8-9H,3,6-7,10H2,1H3,(H,19,22). The number of aromatic amines is 1. The zero-order valence-corrected chi connectivity index (χ0v) is 15.1. The molecule has 0 aliphatic rings. The van der Waals surface area contributed by atoms with Gasteiger partial charge in [-0.3, -0.25) is 4.57 Å². The molecule has 2 heterocycles. The van der Waals surface area contributed by atoms with Crippen LogP contribution < -0.4 is 5.69 Å². The lowest BCUT2D eigenvalue weighted by molar-refractivity contribution is 0.189. The highest BCUT2D eigenvalue weighted by Gasteiger charge is 2.12. The van der Waals surface area contributed by atoms with Gasteiger partial charge in [0.05, 0.1) is 11.9 Å². The topological polar surface area (TPSA) is 85.9 Å². The first-order chi connectivity index (χ1) is 12.2. The second-order valence-electron chi connectivity index (χ2n) is 5.23. The molecule has 0 radical (unpaired) electrons. The summed E-state index contributed by atoms with van der Waals surface area (Å²) in [6.07, 6.45) is 2.40. The molecule has 0 saturated heterocycles. The van der Waals surface area contributed by atoms with Crippen LogP contribution in [-0.4, -0.2) is 33.5 Å². The van der Waals surface area contributed by atoms with Gasteiger partial charge < -0.3 is 9.15 Å². The number of hydrogen-bond acceptors (Lipinski definition) is 6. The van der Waals surface area contributed by atoms with Crippen molar-refractivity contribution in [2.75, 3.05) is 13.7 Å². The average Bonchev–Trinajstić information content (AvgIpc) is 3.21. The monoisotopic (exact) mass is 380 g/mol. The van der Waals surface area contributed by atoms with Gasteiger partial charge in [0.1, 0.15) is 0 Å². The maximum atomic E-state index is 11.8. The number of nitrogens with one attached hydrogen (secondary N) is 1. The number of methoxy groups -OCH3 is 1. The van der Waals surface area contributed by atoms with E-state index in [9.17, 15) is 4.79 Å². The predicted molar refractivity (Wildman–Crippen MR) is 95.9 cm³/mol. The van der Waals surface area contributed by atoms with Gasteiger partial charge in [-0.2, -0.15) is 0 Å². The zero-order chi connectivity index (χ0) is 17.6. The van der Waals surface area contributed by atoms with Gasteiger partial charge in [-0.15, -0.1) is 5.10 Å². The van der Waals surface area contributed by atoms with E-state index in [2.05, 4.69) is 15.2 Å². The number of nitrogens with zero attached hydrogens (tertiary/aromatic N) is 3. The third-order valence-electron chi connectivity index (χ3n) is 3.44. The largest absolute Gasteiger partial charge is 0.440 e. The fourth-order valence-corrected chi connectivity index (χ4v) is 3.27. The Hall–Kier alpha value is -2.03. The normalized spacial score (nSPS) is 11.1. The Morgan fingerprint density at radius 3 is 3.12 bits per heavy atom. The van der Waals surface area contributed by atoms with E-state index in [0.717, 1.165) is 12.0 Å². The summed E-state index contributed by atoms with van der Waals surface area (Å²) in [5, 5.41) is 7.76. The van der Waals surface area contributed by atoms with Crippen molar-refractivity contribution in [2.24, 2.45) is 0 Å². The van der Waals surface area contributed by atoms with Gasteiger partial charge in [-0.25, -0.2) is 14.9 Å². The van der Waals surface area contributed by atoms with Gasteiger partial charge in [-0.1, -0.05) is 35.5 Å². The summed E-state index contributed by atoms with van der Waals surface area (Å²) < 4.78 is 12.4. The molecule has 0 fully saturated rings. The van der Waals surface area contributed by atoms with Crippen LogP contribution in [0, 0.1) is 0 Å². The number of aromatic nitrogens is 4. The lowest BCUT2D eigenvalue weighted by atomic mass is 10.2. The van der Waals surface area contributed by atoms with Crippen molar-refractivity contribution in [3.63, 3.8) is 0 Å². The van der Waals surface area contributed by atoms with E-state index < -0.39 is 0 Å². The van der Waals surface area contributed by atoms with Crippen molar-refractivity contribution >= 4 is 23.4 Å². The predicted octanol–water partition coefficient (Wildman–Crippen LogP) is 3.21. The number of rotatable bonds is 8. The molecule has 0 aliphatic carbocycles. The Balaban J connectivity index is 1.66. The molecule has 9 heteroatoms. The molecule has 0 spiro atoms. The molecule has 7 nitrogen and oxygen atoms in total. The molecule has 25 heavy (non-hydrogen) atoms. The summed E-state index contributed by atoms with van der Waals surface area (Å²) in [5.41, 5.74) is 0.637. The van der Waals surface area contributed by atoms with E-state index >= 15 is 0 Å². The minimum atomic E-state index is -0.231. The highest BCUT2D eigenvalue weighted by Crippen LogP contribution is 2.26. The summed E-state index contributed by atoms with van der Waals surface area (Å²) >= 11 is 7.38. The Morgan fingerprint density at radius 1 is 1.44 bits per heavy atom. The van der Waals surface area contributed by atoms with Crippen molar-refractivity contribution in [1.29, 1.82) is 0 Å². The molecule has 2 aromatic heterocycles. The summed E-state index contributed by atoms with van der Waals surface area (Å²) in [4.78, 5) is 16.1. The number of hydrogen-bond donors (Lipinski definition) is 1. The van der Waals surface area contributed by atoms with Gasteiger partial charge in [0.25, 0.3) is 0 Å². The Bertz CT molecular complexity index is 889. The Labute approximate surface area is 153 Å². The van der Waals surface area contributed by atoms with Crippen LogP contribution >= 0.6 is 23.4 Å². The number of halogens is 1. The van der Waals surface area contributed by atoms with Crippen molar-refractivity contribution < 1.29 is 9.15 Å². The van der Waals surface area contributed by atoms with Crippen LogP contribution in [0.5, 0.6) is 0 Å². The molecule has 0 aliphatic heterocycles. The molecule has 1 aromatic carbocycles. The third-order valence-corrected chi connectivity index (χ3v) is 4.64. The van der Waals surface area contributed by atoms with Crippen molar-refractivity contribution in [3.05, 3.63) is 51.9 Å². The highest BCUT2D eigenvalue weighted by atomic mass is 35.5. The van der Waals surface area contributed by atoms with Gasteiger partial charge in [0, 0.05) is 30.8 Å². The van der Waals surface area contributed by atoms with E-state index in [1.807, 2.05) is 18.2 Å². The van der Waals surface area contributed by atoms with Crippen LogP contribution in [-0.2, 0) is 17.0 Å². The molecule has 3 rings (SSSR count). The van der Waals surface area contributed by atoms with Crippen LogP contribution in [0.3, 0.4) is 0 Å². The molecule has 1 N–H and O–H groups in total. The van der Waals surface area contributed by atoms with E-state index in [4.69, 9.17) is 20.8 Å². The molecular weight excluding hydrogens is 364 g/mol. The molecule has 0 saturated carbocycles. The zero-order valence-electron chi connectivity index (χ0n) is 13.6. The van der Waals surface area contributed by atoms with E-state index in [-0.39, 0.29) is 5.69 Å². The van der Waals surface area contributed by atoms with Crippen molar-refractivity contribution in [2.45, 2.75) is 23.9 Å². The first-order valence-corrected chi connectivity index (χ1v) is 9.01. The maximum Gasteiger partial charge on any atom is 0.343 e. The molecular formula is C16H17ClN4O3S. The average molecular weight is 381 g/mol. The number of H-pyrrole nitrogens is 1. The number of benzene rings is 1. The lowest BCUT2D eigenvalue weighted by Crippen LogP contribution is -2.18. The molecule has 0 unspecified atom stereocenters. The summed E-state index contributed by atoms with van der Waals surface area (Å²) in [6, 6.07) is 7.39. The van der Waals surface area contributed by atoms with Crippen LogP contribution in [0.1, 0.15) is 12.3 Å². The SMILES string of the molecule is COCCCn1c(SCc2ncc(-c3cccc(Cl)c3)o2)n[nH]c1=O. The number of ether oxygens (including phenoxy) is 1. The second-order valence-corrected chi connectivity index (χ2v) is 6.61. The third kappa shape index (κ3) is 4.53. The summed E-state index contributed by atoms with van der Waals surface area (Å²) in [7, 11) is 1.63. The van der Waals surface area contributed by atoms with E-state index in [1.54, 1.807) is 23.9 Å². The van der Waals surface area contributed by atoms with Gasteiger partial charge >= 0.3 is 5.69 Å². The minimum Gasteiger partial charge on any atom is -0.440 e. The number of thioether (sulfide) groups is 1. The fraction of sp³-hybridized carbons (Fsp3) is 0.312.